The van der Waals surface area contributed by atoms with Gasteiger partial charge in [-0.15, -0.1) is 5.10 Å². The molecule has 0 atom stereocenters. The van der Waals surface area contributed by atoms with Crippen molar-refractivity contribution in [2.45, 2.75) is 25.7 Å². The van der Waals surface area contributed by atoms with E-state index in [1.165, 1.54) is 0 Å². The molecule has 1 aromatic rings. The molecule has 0 aromatic carbocycles. The van der Waals surface area contributed by atoms with Crippen LogP contribution in [0.15, 0.2) is 0 Å². The summed E-state index contributed by atoms with van der Waals surface area (Å²) in [5, 5.41) is 18.9. The Kier molecular flexibility index (Phi) is 5.33. The monoisotopic (exact) mass is 302 g/mol. The van der Waals surface area contributed by atoms with E-state index in [9.17, 15) is 9.90 Å². The number of halogens is 1. The van der Waals surface area contributed by atoms with Gasteiger partial charge in [-0.05, 0) is 24.4 Å². The van der Waals surface area contributed by atoms with Crippen molar-refractivity contribution in [2.75, 3.05) is 26.4 Å². The number of hydrogen-bond acceptors (Lipinski definition) is 5. The van der Waals surface area contributed by atoms with Crippen LogP contribution >= 0.6 is 11.6 Å². The lowest BCUT2D eigenvalue weighted by Gasteiger charge is -2.35. The van der Waals surface area contributed by atoms with Crippen LogP contribution in [0.2, 0.25) is 5.28 Å². The summed E-state index contributed by atoms with van der Waals surface area (Å²) in [7, 11) is 0. The van der Waals surface area contributed by atoms with Gasteiger partial charge in [0.05, 0.1) is 6.61 Å². The van der Waals surface area contributed by atoms with E-state index in [0.29, 0.717) is 38.4 Å². The average Bonchev–Trinajstić information content (AvgIpc) is 2.89. The van der Waals surface area contributed by atoms with E-state index in [0.717, 1.165) is 12.8 Å². The average molecular weight is 303 g/mol. The lowest BCUT2D eigenvalue weighted by molar-refractivity contribution is -0.122. The molecule has 1 aromatic heterocycles. The van der Waals surface area contributed by atoms with Crippen LogP contribution in [0.4, 0.5) is 0 Å². The molecule has 0 unspecified atom stereocenters. The number of aryl methyl sites for hydroxylation is 1. The number of carbonyl (C=O) groups excluding carboxylic acids is 1. The Balaban J connectivity index is 1.73. The van der Waals surface area contributed by atoms with Crippen molar-refractivity contribution in [3.63, 3.8) is 0 Å². The lowest BCUT2D eigenvalue weighted by Crippen LogP contribution is -2.43. The second kappa shape index (κ2) is 7.01. The Morgan fingerprint density at radius 2 is 2.25 bits per heavy atom. The Bertz CT molecular complexity index is 446. The Hall–Kier alpha value is -1.18. The molecule has 0 bridgehead atoms. The van der Waals surface area contributed by atoms with Crippen molar-refractivity contribution in [1.29, 1.82) is 0 Å². The summed E-state index contributed by atoms with van der Waals surface area (Å²) < 4.78 is 5.29. The molecule has 1 saturated heterocycles. The van der Waals surface area contributed by atoms with Gasteiger partial charge in [-0.25, -0.2) is 4.98 Å². The fourth-order valence-corrected chi connectivity index (χ4v) is 2.33. The summed E-state index contributed by atoms with van der Waals surface area (Å²) in [6.45, 7) is 1.80. The van der Waals surface area contributed by atoms with Crippen molar-refractivity contribution in [3.05, 3.63) is 11.1 Å². The van der Waals surface area contributed by atoms with Gasteiger partial charge < -0.3 is 15.2 Å². The first-order chi connectivity index (χ1) is 9.63. The third-order valence-corrected chi connectivity index (χ3v) is 3.81. The highest BCUT2D eigenvalue weighted by Gasteiger charge is 2.32. The highest BCUT2D eigenvalue weighted by atomic mass is 35.5. The molecule has 112 valence electrons. The fraction of sp³-hybridized carbons (Fsp3) is 0.750. The molecular weight excluding hydrogens is 284 g/mol. The van der Waals surface area contributed by atoms with Gasteiger partial charge >= 0.3 is 0 Å². The van der Waals surface area contributed by atoms with Crippen LogP contribution < -0.4 is 5.32 Å². The number of aromatic nitrogens is 3. The van der Waals surface area contributed by atoms with Crippen LogP contribution in [0.25, 0.3) is 0 Å². The summed E-state index contributed by atoms with van der Waals surface area (Å²) in [6.07, 6.45) is 2.30. The normalized spacial score (nSPS) is 17.9. The molecule has 0 saturated carbocycles. The largest absolute Gasteiger partial charge is 0.396 e. The molecule has 1 fully saturated rings. The van der Waals surface area contributed by atoms with Crippen molar-refractivity contribution in [3.8, 4) is 0 Å². The van der Waals surface area contributed by atoms with Gasteiger partial charge in [-0.1, -0.05) is 0 Å². The summed E-state index contributed by atoms with van der Waals surface area (Å²) in [5.74, 6) is 0.518. The number of nitrogens with zero attached hydrogens (tertiary/aromatic N) is 2. The van der Waals surface area contributed by atoms with E-state index in [1.54, 1.807) is 0 Å². The first-order valence-electron chi connectivity index (χ1n) is 6.66. The maximum atomic E-state index is 11.8. The summed E-state index contributed by atoms with van der Waals surface area (Å²) in [5.41, 5.74) is -0.247. The maximum absolute atomic E-state index is 11.8. The number of aliphatic hydroxyl groups is 1. The minimum atomic E-state index is -0.247. The molecule has 1 aliphatic heterocycles. The second-order valence-electron chi connectivity index (χ2n) is 5.10. The van der Waals surface area contributed by atoms with Crippen LogP contribution in [-0.4, -0.2) is 52.6 Å². The highest BCUT2D eigenvalue weighted by Crippen LogP contribution is 2.28. The van der Waals surface area contributed by atoms with Crippen LogP contribution in [0, 0.1) is 5.41 Å². The summed E-state index contributed by atoms with van der Waals surface area (Å²) in [4.78, 5) is 15.7. The van der Waals surface area contributed by atoms with Crippen LogP contribution in [0.1, 0.15) is 25.1 Å². The van der Waals surface area contributed by atoms with E-state index < -0.39 is 0 Å². The minimum absolute atomic E-state index is 0.0638. The Morgan fingerprint density at radius 3 is 2.85 bits per heavy atom. The van der Waals surface area contributed by atoms with E-state index in [2.05, 4.69) is 20.5 Å². The van der Waals surface area contributed by atoms with E-state index in [-0.39, 0.29) is 23.2 Å². The molecule has 0 spiro atoms. The number of ether oxygens (including phenoxy) is 1. The lowest BCUT2D eigenvalue weighted by atomic mass is 9.81. The number of rotatable bonds is 6. The quantitative estimate of drug-likeness (QED) is 0.701. The van der Waals surface area contributed by atoms with Gasteiger partial charge in [0.2, 0.25) is 11.2 Å². The number of carbonyl (C=O) groups is 1. The van der Waals surface area contributed by atoms with Crippen LogP contribution in [0.3, 0.4) is 0 Å². The number of nitrogens with one attached hydrogen (secondary N) is 2. The molecule has 0 aliphatic carbocycles. The fourth-order valence-electron chi connectivity index (χ4n) is 2.19. The van der Waals surface area contributed by atoms with Crippen LogP contribution in [0.5, 0.6) is 0 Å². The smallest absolute Gasteiger partial charge is 0.242 e. The standard InChI is InChI=1S/C12H19ClN4O3/c13-11-15-9(16-17-11)1-2-10(19)14-7-12(8-18)3-5-20-6-4-12/h18H,1-8H2,(H,14,19)(H,15,16,17). The van der Waals surface area contributed by atoms with Crippen LogP contribution in [-0.2, 0) is 16.0 Å². The molecule has 3 N–H and O–H groups in total. The van der Waals surface area contributed by atoms with Gasteiger partial charge in [0.1, 0.15) is 5.82 Å². The molecule has 1 amide bonds. The Morgan fingerprint density at radius 1 is 1.50 bits per heavy atom. The number of amides is 1. The first kappa shape index (κ1) is 15.2. The zero-order valence-electron chi connectivity index (χ0n) is 11.2. The first-order valence-corrected chi connectivity index (χ1v) is 7.03. The zero-order valence-corrected chi connectivity index (χ0v) is 11.9. The van der Waals surface area contributed by atoms with Crippen molar-refractivity contribution in [1.82, 2.24) is 20.5 Å². The summed E-state index contributed by atoms with van der Waals surface area (Å²) >= 11 is 5.58. The van der Waals surface area contributed by atoms with E-state index in [4.69, 9.17) is 16.3 Å². The molecule has 0 radical (unpaired) electrons. The highest BCUT2D eigenvalue weighted by molar-refractivity contribution is 6.28. The topological polar surface area (TPSA) is 100 Å². The summed E-state index contributed by atoms with van der Waals surface area (Å²) in [6, 6.07) is 0. The van der Waals surface area contributed by atoms with Gasteiger partial charge in [-0.3, -0.25) is 9.89 Å². The predicted molar refractivity (Wildman–Crippen MR) is 72.3 cm³/mol. The molecule has 2 heterocycles. The number of hydrogen-bond donors (Lipinski definition) is 3. The zero-order chi connectivity index (χ0) is 14.4. The number of aliphatic hydroxyl groups excluding tert-OH is 1. The predicted octanol–water partition coefficient (Wildman–Crippen LogP) is 0.296. The van der Waals surface area contributed by atoms with Gasteiger partial charge in [0, 0.05) is 38.0 Å². The molecule has 7 nitrogen and oxygen atoms in total. The van der Waals surface area contributed by atoms with Crippen molar-refractivity contribution >= 4 is 17.5 Å². The maximum Gasteiger partial charge on any atom is 0.242 e. The third kappa shape index (κ3) is 4.16. The van der Waals surface area contributed by atoms with Gasteiger partial charge in [-0.2, -0.15) is 0 Å². The molecule has 2 rings (SSSR count). The van der Waals surface area contributed by atoms with Crippen molar-refractivity contribution in [2.24, 2.45) is 5.41 Å². The molecule has 8 heteroatoms. The number of H-pyrrole nitrogens is 1. The number of aromatic amines is 1. The minimum Gasteiger partial charge on any atom is -0.396 e. The van der Waals surface area contributed by atoms with E-state index >= 15 is 0 Å². The van der Waals surface area contributed by atoms with Gasteiger partial charge in [0.15, 0.2) is 0 Å². The van der Waals surface area contributed by atoms with Crippen molar-refractivity contribution < 1.29 is 14.6 Å². The van der Waals surface area contributed by atoms with Gasteiger partial charge in [0.25, 0.3) is 0 Å². The molecular formula is C12H19ClN4O3. The third-order valence-electron chi connectivity index (χ3n) is 3.64. The molecule has 1 aliphatic rings. The Labute approximate surface area is 122 Å². The molecule has 20 heavy (non-hydrogen) atoms. The van der Waals surface area contributed by atoms with E-state index in [1.807, 2.05) is 0 Å². The SMILES string of the molecule is O=C(CCc1nc(Cl)n[nH]1)NCC1(CO)CCOCC1. The second-order valence-corrected chi connectivity index (χ2v) is 5.44.